The van der Waals surface area contributed by atoms with Crippen LogP contribution in [-0.2, 0) is 11.3 Å². The molecule has 0 bridgehead atoms. The SMILES string of the molecule is COc1ccccc1CN(C)C(=O)c1cccc(OCC(=O)N(C)C)c1. The standard InChI is InChI=1S/C20H24N2O4/c1-21(2)19(23)14-26-17-10-7-9-15(12-17)20(24)22(3)13-16-8-5-6-11-18(16)25-4/h5-12H,13-14H2,1-4H3. The highest BCUT2D eigenvalue weighted by Crippen LogP contribution is 2.20. The third kappa shape index (κ3) is 4.99. The first-order valence-electron chi connectivity index (χ1n) is 8.22. The average molecular weight is 356 g/mol. The zero-order valence-corrected chi connectivity index (χ0v) is 15.6. The van der Waals surface area contributed by atoms with Gasteiger partial charge in [0.2, 0.25) is 0 Å². The van der Waals surface area contributed by atoms with Crippen LogP contribution in [0.1, 0.15) is 15.9 Å². The molecule has 138 valence electrons. The topological polar surface area (TPSA) is 59.1 Å². The average Bonchev–Trinajstić information content (AvgIpc) is 2.65. The summed E-state index contributed by atoms with van der Waals surface area (Å²) < 4.78 is 10.8. The van der Waals surface area contributed by atoms with Gasteiger partial charge in [0, 0.05) is 38.8 Å². The van der Waals surface area contributed by atoms with Gasteiger partial charge in [-0.05, 0) is 24.3 Å². The smallest absolute Gasteiger partial charge is 0.259 e. The maximum Gasteiger partial charge on any atom is 0.259 e. The Balaban J connectivity index is 2.06. The molecule has 0 aliphatic heterocycles. The molecule has 6 heteroatoms. The van der Waals surface area contributed by atoms with E-state index in [0.29, 0.717) is 17.9 Å². The molecule has 0 saturated carbocycles. The minimum absolute atomic E-state index is 0.0678. The lowest BCUT2D eigenvalue weighted by atomic mass is 10.1. The number of nitrogens with zero attached hydrogens (tertiary/aromatic N) is 2. The Bertz CT molecular complexity index is 774. The molecule has 0 aromatic heterocycles. The Morgan fingerprint density at radius 3 is 2.42 bits per heavy atom. The number of methoxy groups -OCH3 is 1. The van der Waals surface area contributed by atoms with Crippen molar-refractivity contribution in [1.29, 1.82) is 0 Å². The Hall–Kier alpha value is -3.02. The summed E-state index contributed by atoms with van der Waals surface area (Å²) in [5.41, 5.74) is 1.42. The molecule has 0 atom stereocenters. The molecule has 0 aliphatic carbocycles. The molecule has 0 radical (unpaired) electrons. The Labute approximate surface area is 153 Å². The number of hydrogen-bond donors (Lipinski definition) is 0. The van der Waals surface area contributed by atoms with Gasteiger partial charge >= 0.3 is 0 Å². The maximum atomic E-state index is 12.7. The van der Waals surface area contributed by atoms with E-state index in [2.05, 4.69) is 0 Å². The van der Waals surface area contributed by atoms with Crippen molar-refractivity contribution in [3.05, 3.63) is 59.7 Å². The highest BCUT2D eigenvalue weighted by molar-refractivity contribution is 5.94. The number of ether oxygens (including phenoxy) is 2. The Morgan fingerprint density at radius 1 is 1.00 bits per heavy atom. The summed E-state index contributed by atoms with van der Waals surface area (Å²) in [4.78, 5) is 27.4. The number of carbonyl (C=O) groups excluding carboxylic acids is 2. The fourth-order valence-electron chi connectivity index (χ4n) is 2.37. The van der Waals surface area contributed by atoms with Crippen molar-refractivity contribution in [3.8, 4) is 11.5 Å². The van der Waals surface area contributed by atoms with Gasteiger partial charge in [0.1, 0.15) is 11.5 Å². The van der Waals surface area contributed by atoms with Crippen molar-refractivity contribution in [3.63, 3.8) is 0 Å². The lowest BCUT2D eigenvalue weighted by molar-refractivity contribution is -0.130. The molecule has 2 aromatic carbocycles. The molecule has 0 unspecified atom stereocenters. The van der Waals surface area contributed by atoms with Gasteiger partial charge in [0.05, 0.1) is 7.11 Å². The van der Waals surface area contributed by atoms with Crippen molar-refractivity contribution < 1.29 is 19.1 Å². The van der Waals surface area contributed by atoms with Crippen LogP contribution < -0.4 is 9.47 Å². The third-order valence-corrected chi connectivity index (χ3v) is 3.89. The minimum atomic E-state index is -0.143. The summed E-state index contributed by atoms with van der Waals surface area (Å²) in [5, 5.41) is 0. The first-order valence-corrected chi connectivity index (χ1v) is 8.22. The van der Waals surface area contributed by atoms with E-state index < -0.39 is 0 Å². The van der Waals surface area contributed by atoms with Crippen LogP contribution in [-0.4, -0.2) is 56.5 Å². The zero-order chi connectivity index (χ0) is 19.1. The molecular weight excluding hydrogens is 332 g/mol. The molecule has 2 amide bonds. The molecule has 0 spiro atoms. The van der Waals surface area contributed by atoms with Crippen LogP contribution in [0.5, 0.6) is 11.5 Å². The van der Waals surface area contributed by atoms with Crippen molar-refractivity contribution in [2.45, 2.75) is 6.54 Å². The van der Waals surface area contributed by atoms with Crippen LogP contribution in [0.25, 0.3) is 0 Å². The van der Waals surface area contributed by atoms with Crippen LogP contribution in [0, 0.1) is 0 Å². The van der Waals surface area contributed by atoms with E-state index in [4.69, 9.17) is 9.47 Å². The van der Waals surface area contributed by atoms with Gasteiger partial charge in [0.25, 0.3) is 11.8 Å². The number of amides is 2. The fraction of sp³-hybridized carbons (Fsp3) is 0.300. The Kier molecular flexibility index (Phi) is 6.60. The first-order chi connectivity index (χ1) is 12.4. The lowest BCUT2D eigenvalue weighted by Crippen LogP contribution is -2.28. The highest BCUT2D eigenvalue weighted by Gasteiger charge is 2.15. The summed E-state index contributed by atoms with van der Waals surface area (Å²) in [5.74, 6) is 0.943. The van der Waals surface area contributed by atoms with E-state index in [-0.39, 0.29) is 18.4 Å². The number of para-hydroxylation sites is 1. The van der Waals surface area contributed by atoms with Crippen molar-refractivity contribution in [2.75, 3.05) is 34.9 Å². The quantitative estimate of drug-likeness (QED) is 0.765. The second kappa shape index (κ2) is 8.89. The van der Waals surface area contributed by atoms with Crippen molar-refractivity contribution >= 4 is 11.8 Å². The summed E-state index contributed by atoms with van der Waals surface area (Å²) in [6.45, 7) is 0.356. The van der Waals surface area contributed by atoms with E-state index in [1.165, 1.54) is 4.90 Å². The number of likely N-dealkylation sites (N-methyl/N-ethyl adjacent to an activating group) is 1. The van der Waals surface area contributed by atoms with Gasteiger partial charge in [-0.3, -0.25) is 9.59 Å². The van der Waals surface area contributed by atoms with Crippen LogP contribution in [0.15, 0.2) is 48.5 Å². The number of carbonyl (C=O) groups is 2. The van der Waals surface area contributed by atoms with Crippen LogP contribution in [0.4, 0.5) is 0 Å². The van der Waals surface area contributed by atoms with Gasteiger partial charge in [-0.1, -0.05) is 24.3 Å². The summed E-state index contributed by atoms with van der Waals surface area (Å²) >= 11 is 0. The van der Waals surface area contributed by atoms with E-state index in [9.17, 15) is 9.59 Å². The predicted octanol–water partition coefficient (Wildman–Crippen LogP) is 2.43. The monoisotopic (exact) mass is 356 g/mol. The molecule has 0 aliphatic rings. The largest absolute Gasteiger partial charge is 0.496 e. The third-order valence-electron chi connectivity index (χ3n) is 3.89. The second-order valence-electron chi connectivity index (χ2n) is 6.08. The zero-order valence-electron chi connectivity index (χ0n) is 15.6. The summed E-state index contributed by atoms with van der Waals surface area (Å²) in [6.07, 6.45) is 0. The fourth-order valence-corrected chi connectivity index (χ4v) is 2.37. The molecular formula is C20H24N2O4. The van der Waals surface area contributed by atoms with Gasteiger partial charge in [-0.15, -0.1) is 0 Å². The first kappa shape index (κ1) is 19.3. The Morgan fingerprint density at radius 2 is 1.73 bits per heavy atom. The van der Waals surface area contributed by atoms with Gasteiger partial charge < -0.3 is 19.3 Å². The van der Waals surface area contributed by atoms with Gasteiger partial charge in [0.15, 0.2) is 6.61 Å². The normalized spacial score (nSPS) is 10.2. The lowest BCUT2D eigenvalue weighted by Gasteiger charge is -2.19. The predicted molar refractivity (Wildman–Crippen MR) is 99.4 cm³/mol. The molecule has 6 nitrogen and oxygen atoms in total. The molecule has 0 heterocycles. The van der Waals surface area contributed by atoms with E-state index in [1.54, 1.807) is 57.4 Å². The molecule has 2 aromatic rings. The number of hydrogen-bond acceptors (Lipinski definition) is 4. The molecule has 0 N–H and O–H groups in total. The number of rotatable bonds is 7. The van der Waals surface area contributed by atoms with Crippen molar-refractivity contribution in [2.24, 2.45) is 0 Å². The highest BCUT2D eigenvalue weighted by atomic mass is 16.5. The molecule has 0 fully saturated rings. The maximum absolute atomic E-state index is 12.7. The van der Waals surface area contributed by atoms with E-state index in [0.717, 1.165) is 11.3 Å². The molecule has 26 heavy (non-hydrogen) atoms. The minimum Gasteiger partial charge on any atom is -0.496 e. The van der Waals surface area contributed by atoms with Crippen LogP contribution >= 0.6 is 0 Å². The molecule has 0 saturated heterocycles. The summed E-state index contributed by atoms with van der Waals surface area (Å²) in [6, 6.07) is 14.4. The molecule has 2 rings (SSSR count). The number of benzene rings is 2. The van der Waals surface area contributed by atoms with Crippen LogP contribution in [0.2, 0.25) is 0 Å². The van der Waals surface area contributed by atoms with Gasteiger partial charge in [-0.25, -0.2) is 0 Å². The summed E-state index contributed by atoms with van der Waals surface area (Å²) in [7, 11) is 6.67. The van der Waals surface area contributed by atoms with E-state index >= 15 is 0 Å². The van der Waals surface area contributed by atoms with Gasteiger partial charge in [-0.2, -0.15) is 0 Å². The van der Waals surface area contributed by atoms with Crippen LogP contribution in [0.3, 0.4) is 0 Å². The van der Waals surface area contributed by atoms with E-state index in [1.807, 2.05) is 24.3 Å². The van der Waals surface area contributed by atoms with Crippen molar-refractivity contribution in [1.82, 2.24) is 9.80 Å². The second-order valence-corrected chi connectivity index (χ2v) is 6.08.